The number of nitrogens with two attached hydrogens (primary N) is 2. The molecule has 0 aliphatic carbocycles. The number of unbranched alkanes of at least 4 members (excludes halogenated alkanes) is 1. The average molecular weight is 548 g/mol. The Morgan fingerprint density at radius 3 is 2.81 bits per heavy atom. The van der Waals surface area contributed by atoms with Gasteiger partial charge in [0.15, 0.2) is 0 Å². The molecule has 3 heterocycles. The minimum absolute atomic E-state index is 0.0114. The lowest BCUT2D eigenvalue weighted by Crippen LogP contribution is -2.36. The predicted octanol–water partition coefficient (Wildman–Crippen LogP) is -0.0165. The van der Waals surface area contributed by atoms with Crippen LogP contribution in [0.2, 0.25) is 0 Å². The maximum absolute atomic E-state index is 12.5. The Kier molecular flexibility index (Phi) is 9.74. The minimum atomic E-state index is -4.75. The first kappa shape index (κ1) is 28.4. The van der Waals surface area contributed by atoms with Crippen molar-refractivity contribution < 1.29 is 38.6 Å². The topological polar surface area (TPSA) is 232 Å². The van der Waals surface area contributed by atoms with Crippen molar-refractivity contribution in [3.63, 3.8) is 0 Å². The van der Waals surface area contributed by atoms with Gasteiger partial charge in [0.05, 0.1) is 18.3 Å². The molecule has 0 unspecified atom stereocenters. The molecule has 0 amide bonds. The summed E-state index contributed by atoms with van der Waals surface area (Å²) < 4.78 is 22.1. The molecular formula is C20H30N5O9PS. The van der Waals surface area contributed by atoms with Crippen molar-refractivity contribution in [3.05, 3.63) is 33.7 Å². The monoisotopic (exact) mass is 547 g/mol. The normalized spacial score (nSPS) is 21.1. The fraction of sp³-hybridized carbons (Fsp3) is 0.550. The van der Waals surface area contributed by atoms with Crippen LogP contribution in [0.1, 0.15) is 36.8 Å². The van der Waals surface area contributed by atoms with E-state index in [2.05, 4.69) is 14.8 Å². The van der Waals surface area contributed by atoms with E-state index in [0.717, 1.165) is 15.9 Å². The van der Waals surface area contributed by atoms with Gasteiger partial charge in [0, 0.05) is 28.9 Å². The first-order valence-corrected chi connectivity index (χ1v) is 13.5. The number of ether oxygens (including phenoxy) is 1. The first-order chi connectivity index (χ1) is 17.0. The number of anilines is 1. The third-order valence-corrected chi connectivity index (χ3v) is 7.20. The molecule has 1 fully saturated rings. The summed E-state index contributed by atoms with van der Waals surface area (Å²) >= 11 is 1.34. The van der Waals surface area contributed by atoms with Crippen LogP contribution in [-0.4, -0.2) is 66.9 Å². The van der Waals surface area contributed by atoms with Crippen LogP contribution in [0.15, 0.2) is 23.1 Å². The minimum Gasteiger partial charge on any atom is -0.480 e. The Labute approximate surface area is 210 Å². The Hall–Kier alpha value is -2.20. The number of aliphatic hydroxyl groups is 1. The second-order valence-electron chi connectivity index (χ2n) is 8.27. The standard InChI is InChI=1S/C20H30N5O9PS/c21-6-2-1-3-13(19(27)28)23-8-11-4-5-16(36-11)12-9-25(20(29)24-18(12)22)17-7-14(26)15(34-17)10-33-35(30,31)32/h4-5,9,13-15,17,23,26H,1-3,6-8,10,21H2,(H,27,28)(H2,22,24,29)(H2,30,31,32)/t13-,14-,15+,17+/m0/s1. The average Bonchev–Trinajstić information content (AvgIpc) is 3.40. The lowest BCUT2D eigenvalue weighted by molar-refractivity contribution is -0.139. The molecule has 2 aromatic rings. The van der Waals surface area contributed by atoms with Crippen molar-refractivity contribution in [1.29, 1.82) is 0 Å². The van der Waals surface area contributed by atoms with E-state index in [0.29, 0.717) is 36.4 Å². The highest BCUT2D eigenvalue weighted by atomic mass is 32.1. The maximum atomic E-state index is 12.5. The fourth-order valence-corrected chi connectivity index (χ4v) is 5.05. The highest BCUT2D eigenvalue weighted by Gasteiger charge is 2.37. The Morgan fingerprint density at radius 1 is 1.39 bits per heavy atom. The Morgan fingerprint density at radius 2 is 2.14 bits per heavy atom. The molecule has 36 heavy (non-hydrogen) atoms. The number of carbonyl (C=O) groups is 1. The van der Waals surface area contributed by atoms with Gasteiger partial charge in [-0.05, 0) is 31.5 Å². The second kappa shape index (κ2) is 12.4. The molecular weight excluding hydrogens is 517 g/mol. The smallest absolute Gasteiger partial charge is 0.469 e. The van der Waals surface area contributed by atoms with Crippen LogP contribution in [0.5, 0.6) is 0 Å². The number of carboxylic acid groups (broad SMARTS) is 1. The number of hydrogen-bond donors (Lipinski definition) is 7. The Balaban J connectivity index is 1.72. The SMILES string of the molecule is NCCCC[C@H](NCc1ccc(-c2cn([C@H]3C[C@H](O)[C@@H](COP(=O)(O)O)O3)c(=O)nc2N)s1)C(=O)O. The van der Waals surface area contributed by atoms with Gasteiger partial charge in [0.25, 0.3) is 0 Å². The number of thiophene rings is 1. The zero-order chi connectivity index (χ0) is 26.5. The van der Waals surface area contributed by atoms with Crippen molar-refractivity contribution in [1.82, 2.24) is 14.9 Å². The number of nitrogens with zero attached hydrogens (tertiary/aromatic N) is 2. The number of hydrogen-bond acceptors (Lipinski definition) is 11. The van der Waals surface area contributed by atoms with Crippen LogP contribution >= 0.6 is 19.2 Å². The van der Waals surface area contributed by atoms with E-state index in [4.69, 9.17) is 26.0 Å². The predicted molar refractivity (Wildman–Crippen MR) is 130 cm³/mol. The fourth-order valence-electron chi connectivity index (χ4n) is 3.73. The molecule has 0 aromatic carbocycles. The van der Waals surface area contributed by atoms with Crippen molar-refractivity contribution in [2.45, 2.75) is 56.7 Å². The number of carboxylic acids is 1. The van der Waals surface area contributed by atoms with Crippen molar-refractivity contribution in [3.8, 4) is 10.4 Å². The molecule has 9 N–H and O–H groups in total. The number of phosphoric ester groups is 1. The van der Waals surface area contributed by atoms with E-state index < -0.39 is 50.6 Å². The van der Waals surface area contributed by atoms with Gasteiger partial charge in [-0.25, -0.2) is 9.36 Å². The zero-order valence-corrected chi connectivity index (χ0v) is 20.9. The number of nitrogen functional groups attached to an aromatic ring is 1. The van der Waals surface area contributed by atoms with Crippen LogP contribution in [0.4, 0.5) is 5.82 Å². The highest BCUT2D eigenvalue weighted by Crippen LogP contribution is 2.38. The third kappa shape index (κ3) is 7.65. The van der Waals surface area contributed by atoms with Gasteiger partial charge in [0.1, 0.15) is 24.2 Å². The van der Waals surface area contributed by atoms with Crippen molar-refractivity contribution in [2.75, 3.05) is 18.9 Å². The lowest BCUT2D eigenvalue weighted by atomic mass is 10.1. The van der Waals surface area contributed by atoms with Crippen molar-refractivity contribution in [2.24, 2.45) is 5.73 Å². The van der Waals surface area contributed by atoms with E-state index in [1.807, 2.05) is 6.07 Å². The van der Waals surface area contributed by atoms with Gasteiger partial charge in [-0.1, -0.05) is 6.42 Å². The van der Waals surface area contributed by atoms with Gasteiger partial charge >= 0.3 is 19.5 Å². The number of aliphatic carboxylic acids is 1. The van der Waals surface area contributed by atoms with Gasteiger partial charge in [0.2, 0.25) is 0 Å². The van der Waals surface area contributed by atoms with Gasteiger partial charge < -0.3 is 36.2 Å². The molecule has 0 spiro atoms. The molecule has 0 radical (unpaired) electrons. The van der Waals surface area contributed by atoms with Gasteiger partial charge in [-0.15, -0.1) is 11.3 Å². The molecule has 14 nitrogen and oxygen atoms in total. The quantitative estimate of drug-likeness (QED) is 0.129. The van der Waals surface area contributed by atoms with Gasteiger partial charge in [-0.3, -0.25) is 19.2 Å². The summed E-state index contributed by atoms with van der Waals surface area (Å²) in [6.45, 7) is 0.262. The number of rotatable bonds is 13. The van der Waals surface area contributed by atoms with E-state index in [1.54, 1.807) is 6.07 Å². The number of nitrogens with one attached hydrogen (secondary N) is 1. The molecule has 1 aliphatic rings. The van der Waals surface area contributed by atoms with Crippen LogP contribution in [0, 0.1) is 0 Å². The molecule has 3 rings (SSSR count). The summed E-state index contributed by atoms with van der Waals surface area (Å²) in [5.41, 5.74) is 11.2. The van der Waals surface area contributed by atoms with E-state index >= 15 is 0 Å². The van der Waals surface area contributed by atoms with Crippen LogP contribution in [0.3, 0.4) is 0 Å². The highest BCUT2D eigenvalue weighted by molar-refractivity contribution is 7.46. The summed E-state index contributed by atoms with van der Waals surface area (Å²) in [6.07, 6.45) is 0.198. The summed E-state index contributed by atoms with van der Waals surface area (Å²) in [7, 11) is -4.75. The molecule has 0 saturated carbocycles. The van der Waals surface area contributed by atoms with E-state index in [-0.39, 0.29) is 12.2 Å². The molecule has 16 heteroatoms. The molecule has 1 aliphatic heterocycles. The van der Waals surface area contributed by atoms with Crippen LogP contribution in [-0.2, 0) is 25.2 Å². The zero-order valence-electron chi connectivity index (χ0n) is 19.2. The van der Waals surface area contributed by atoms with E-state index in [9.17, 15) is 24.4 Å². The molecule has 2 aromatic heterocycles. The maximum Gasteiger partial charge on any atom is 0.469 e. The number of aliphatic hydroxyl groups excluding tert-OH is 1. The van der Waals surface area contributed by atoms with Gasteiger partial charge in [-0.2, -0.15) is 4.98 Å². The molecule has 0 bridgehead atoms. The van der Waals surface area contributed by atoms with Crippen molar-refractivity contribution >= 4 is 30.9 Å². The molecule has 200 valence electrons. The van der Waals surface area contributed by atoms with E-state index in [1.165, 1.54) is 17.5 Å². The first-order valence-electron chi connectivity index (χ1n) is 11.2. The number of aromatic nitrogens is 2. The Bertz CT molecular complexity index is 1150. The molecule has 4 atom stereocenters. The number of phosphoric acid groups is 1. The lowest BCUT2D eigenvalue weighted by Gasteiger charge is -2.17. The summed E-state index contributed by atoms with van der Waals surface area (Å²) in [5.74, 6) is -0.949. The third-order valence-electron chi connectivity index (χ3n) is 5.60. The van der Waals surface area contributed by atoms with Crippen LogP contribution in [0.25, 0.3) is 10.4 Å². The summed E-state index contributed by atoms with van der Waals surface area (Å²) in [6, 6.07) is 2.88. The molecule has 1 saturated heterocycles. The summed E-state index contributed by atoms with van der Waals surface area (Å²) in [4.78, 5) is 47.1. The summed E-state index contributed by atoms with van der Waals surface area (Å²) in [5, 5.41) is 22.6. The largest absolute Gasteiger partial charge is 0.480 e. The second-order valence-corrected chi connectivity index (χ2v) is 10.7. The van der Waals surface area contributed by atoms with Crippen LogP contribution < -0.4 is 22.5 Å².